The van der Waals surface area contributed by atoms with E-state index in [4.69, 9.17) is 0 Å². The summed E-state index contributed by atoms with van der Waals surface area (Å²) in [6.45, 7) is 2.10. The van der Waals surface area contributed by atoms with Crippen molar-refractivity contribution in [3.05, 3.63) is 80.8 Å². The van der Waals surface area contributed by atoms with Gasteiger partial charge in [0.2, 0.25) is 0 Å². The number of nitrogens with zero attached hydrogens (tertiary/aromatic N) is 3. The molecule has 2 aromatic carbocycles. The Bertz CT molecular complexity index is 1020. The molecular formula is C20H16N4O2S. The fourth-order valence-corrected chi connectivity index (χ4v) is 3.21. The first-order valence-corrected chi connectivity index (χ1v) is 9.15. The van der Waals surface area contributed by atoms with Gasteiger partial charge in [-0.05, 0) is 36.2 Å². The van der Waals surface area contributed by atoms with Crippen molar-refractivity contribution in [2.75, 3.05) is 5.32 Å². The number of hydrogen-bond donors (Lipinski definition) is 1. The topological polar surface area (TPSA) is 91.8 Å². The molecule has 0 aliphatic rings. The molecule has 0 bridgehead atoms. The van der Waals surface area contributed by atoms with Crippen LogP contribution in [0.25, 0.3) is 16.8 Å². The third-order valence-corrected chi connectivity index (χ3v) is 4.85. The molecule has 1 heterocycles. The molecule has 0 radical (unpaired) electrons. The third-order valence-electron chi connectivity index (χ3n) is 3.97. The van der Waals surface area contributed by atoms with Gasteiger partial charge in [0, 0.05) is 35.0 Å². The van der Waals surface area contributed by atoms with E-state index in [2.05, 4.69) is 23.3 Å². The van der Waals surface area contributed by atoms with Gasteiger partial charge in [-0.15, -0.1) is 11.3 Å². The van der Waals surface area contributed by atoms with Crippen LogP contribution in [0.4, 0.5) is 11.4 Å². The van der Waals surface area contributed by atoms with Crippen molar-refractivity contribution < 1.29 is 4.92 Å². The molecule has 134 valence electrons. The molecule has 0 aliphatic carbocycles. The van der Waals surface area contributed by atoms with E-state index in [1.165, 1.54) is 29.0 Å². The lowest BCUT2D eigenvalue weighted by Gasteiger charge is -2.03. The first-order chi connectivity index (χ1) is 13.1. The predicted molar refractivity (Wildman–Crippen MR) is 107 cm³/mol. The molecule has 27 heavy (non-hydrogen) atoms. The maximum absolute atomic E-state index is 10.7. The van der Waals surface area contributed by atoms with Crippen molar-refractivity contribution in [2.24, 2.45) is 0 Å². The number of benzene rings is 2. The van der Waals surface area contributed by atoms with E-state index in [1.807, 2.05) is 29.6 Å². The van der Waals surface area contributed by atoms with Crippen molar-refractivity contribution in [3.63, 3.8) is 0 Å². The van der Waals surface area contributed by atoms with Crippen LogP contribution in [0, 0.1) is 21.4 Å². The lowest BCUT2D eigenvalue weighted by Crippen LogP contribution is -1.91. The number of nitro benzene ring substituents is 1. The number of allylic oxidation sites excluding steroid dienone is 1. The largest absolute Gasteiger partial charge is 0.360 e. The standard InChI is InChI=1S/C20H16N4O2S/c1-2-14-3-7-17(8-4-14)22-12-16(11-21)20-23-19(13-27-20)15-5-9-18(10-6-15)24(25)26/h3-10,12-13,22H,2H2,1H3. The molecule has 0 unspecified atom stereocenters. The van der Waals surface area contributed by atoms with Gasteiger partial charge in [0.1, 0.15) is 16.6 Å². The summed E-state index contributed by atoms with van der Waals surface area (Å²) >= 11 is 1.35. The Balaban J connectivity index is 1.78. The highest BCUT2D eigenvalue weighted by Crippen LogP contribution is 2.27. The average molecular weight is 376 g/mol. The Morgan fingerprint density at radius 2 is 1.96 bits per heavy atom. The van der Waals surface area contributed by atoms with Gasteiger partial charge in [0.25, 0.3) is 5.69 Å². The van der Waals surface area contributed by atoms with Crippen LogP contribution in [0.5, 0.6) is 0 Å². The number of nitrogens with one attached hydrogen (secondary N) is 1. The molecule has 0 saturated heterocycles. The van der Waals surface area contributed by atoms with Crippen LogP contribution in [0.15, 0.2) is 60.1 Å². The number of nitro groups is 1. The summed E-state index contributed by atoms with van der Waals surface area (Å²) in [5, 5.41) is 25.7. The van der Waals surface area contributed by atoms with Crippen LogP contribution in [0.2, 0.25) is 0 Å². The number of thiazole rings is 1. The second kappa shape index (κ2) is 8.25. The summed E-state index contributed by atoms with van der Waals surface area (Å²) in [6.07, 6.45) is 2.61. The molecule has 0 amide bonds. The van der Waals surface area contributed by atoms with Crippen LogP contribution in [-0.4, -0.2) is 9.91 Å². The van der Waals surface area contributed by atoms with E-state index >= 15 is 0 Å². The second-order valence-corrected chi connectivity index (χ2v) is 6.56. The predicted octanol–water partition coefficient (Wildman–Crippen LogP) is 5.26. The van der Waals surface area contributed by atoms with Gasteiger partial charge in [-0.2, -0.15) is 5.26 Å². The average Bonchev–Trinajstić information content (AvgIpc) is 3.19. The van der Waals surface area contributed by atoms with Gasteiger partial charge in [0.15, 0.2) is 0 Å². The number of non-ortho nitro benzene ring substituents is 1. The van der Waals surface area contributed by atoms with E-state index in [0.717, 1.165) is 17.7 Å². The Morgan fingerprint density at radius 1 is 1.26 bits per heavy atom. The molecule has 0 atom stereocenters. The van der Waals surface area contributed by atoms with E-state index in [9.17, 15) is 15.4 Å². The Labute approximate surface area is 160 Å². The van der Waals surface area contributed by atoms with Gasteiger partial charge >= 0.3 is 0 Å². The van der Waals surface area contributed by atoms with Gasteiger partial charge in [-0.1, -0.05) is 19.1 Å². The Morgan fingerprint density at radius 3 is 2.56 bits per heavy atom. The third kappa shape index (κ3) is 4.37. The minimum Gasteiger partial charge on any atom is -0.360 e. The van der Waals surface area contributed by atoms with Crippen LogP contribution < -0.4 is 5.32 Å². The normalized spacial score (nSPS) is 11.0. The van der Waals surface area contributed by atoms with Gasteiger partial charge < -0.3 is 5.32 Å². The zero-order valence-electron chi connectivity index (χ0n) is 14.5. The summed E-state index contributed by atoms with van der Waals surface area (Å²) < 4.78 is 0. The number of aromatic nitrogens is 1. The lowest BCUT2D eigenvalue weighted by molar-refractivity contribution is -0.384. The maximum Gasteiger partial charge on any atom is 0.269 e. The summed E-state index contributed by atoms with van der Waals surface area (Å²) in [5.41, 5.74) is 4.05. The highest BCUT2D eigenvalue weighted by atomic mass is 32.1. The Kier molecular flexibility index (Phi) is 5.59. The fourth-order valence-electron chi connectivity index (χ4n) is 2.42. The number of aryl methyl sites for hydroxylation is 1. The van der Waals surface area contributed by atoms with Crippen molar-refractivity contribution in [3.8, 4) is 17.3 Å². The van der Waals surface area contributed by atoms with Crippen LogP contribution in [0.3, 0.4) is 0 Å². The van der Waals surface area contributed by atoms with Gasteiger partial charge in [0.05, 0.1) is 10.6 Å². The zero-order valence-corrected chi connectivity index (χ0v) is 15.4. The summed E-state index contributed by atoms with van der Waals surface area (Å²) in [5.74, 6) is 0. The lowest BCUT2D eigenvalue weighted by atomic mass is 10.1. The molecule has 0 spiro atoms. The molecule has 1 N–H and O–H groups in total. The summed E-state index contributed by atoms with van der Waals surface area (Å²) in [7, 11) is 0. The van der Waals surface area contributed by atoms with Gasteiger partial charge in [-0.3, -0.25) is 10.1 Å². The van der Waals surface area contributed by atoms with Crippen molar-refractivity contribution >= 4 is 28.3 Å². The van der Waals surface area contributed by atoms with Crippen LogP contribution >= 0.6 is 11.3 Å². The van der Waals surface area contributed by atoms with Crippen LogP contribution in [-0.2, 0) is 6.42 Å². The van der Waals surface area contributed by atoms with Crippen molar-refractivity contribution in [1.29, 1.82) is 5.26 Å². The first-order valence-electron chi connectivity index (χ1n) is 8.27. The minimum atomic E-state index is -0.439. The zero-order chi connectivity index (χ0) is 19.2. The van der Waals surface area contributed by atoms with Crippen molar-refractivity contribution in [2.45, 2.75) is 13.3 Å². The highest BCUT2D eigenvalue weighted by Gasteiger charge is 2.11. The van der Waals surface area contributed by atoms with Gasteiger partial charge in [-0.25, -0.2) is 4.98 Å². The van der Waals surface area contributed by atoms with Crippen molar-refractivity contribution in [1.82, 2.24) is 4.98 Å². The Hall–Kier alpha value is -3.50. The fraction of sp³-hybridized carbons (Fsp3) is 0.100. The monoisotopic (exact) mass is 376 g/mol. The van der Waals surface area contributed by atoms with E-state index in [-0.39, 0.29) is 5.69 Å². The SMILES string of the molecule is CCc1ccc(NC=C(C#N)c2nc(-c3ccc([N+](=O)[O-])cc3)cs2)cc1. The van der Waals surface area contributed by atoms with E-state index < -0.39 is 4.92 Å². The summed E-state index contributed by atoms with van der Waals surface area (Å²) in [6, 6.07) is 16.4. The smallest absolute Gasteiger partial charge is 0.269 e. The van der Waals surface area contributed by atoms with Crippen LogP contribution in [0.1, 0.15) is 17.5 Å². The molecule has 7 heteroatoms. The first kappa shape index (κ1) is 18.3. The minimum absolute atomic E-state index is 0.0325. The molecule has 0 saturated carbocycles. The quantitative estimate of drug-likeness (QED) is 0.360. The number of nitriles is 1. The molecule has 6 nitrogen and oxygen atoms in total. The van der Waals surface area contributed by atoms with E-state index in [1.54, 1.807) is 18.3 Å². The highest BCUT2D eigenvalue weighted by molar-refractivity contribution is 7.11. The maximum atomic E-state index is 10.7. The number of rotatable bonds is 6. The number of anilines is 1. The molecule has 1 aromatic heterocycles. The number of hydrogen-bond acceptors (Lipinski definition) is 6. The molecular weight excluding hydrogens is 360 g/mol. The molecule has 0 aliphatic heterocycles. The second-order valence-electron chi connectivity index (χ2n) is 5.71. The molecule has 3 aromatic rings. The molecule has 3 rings (SSSR count). The van der Waals surface area contributed by atoms with E-state index in [0.29, 0.717) is 16.3 Å². The summed E-state index contributed by atoms with van der Waals surface area (Å²) in [4.78, 5) is 14.8. The molecule has 0 fully saturated rings.